The van der Waals surface area contributed by atoms with Crippen molar-refractivity contribution in [3.8, 4) is 0 Å². The molecule has 2 rings (SSSR count). The van der Waals surface area contributed by atoms with Gasteiger partial charge in [-0.3, -0.25) is 15.2 Å². The zero-order chi connectivity index (χ0) is 13.8. The smallest absolute Gasteiger partial charge is 0.270 e. The highest BCUT2D eigenvalue weighted by Gasteiger charge is 2.17. The van der Waals surface area contributed by atoms with Gasteiger partial charge in [0.05, 0.1) is 11.5 Å². The van der Waals surface area contributed by atoms with Crippen molar-refractivity contribution in [2.75, 3.05) is 5.32 Å². The lowest BCUT2D eigenvalue weighted by molar-refractivity contribution is -0.385. The first kappa shape index (κ1) is 12.9. The Balaban J connectivity index is 2.21. The number of nitro groups is 1. The Kier molecular flexibility index (Phi) is 3.64. The topological polar surface area (TPSA) is 96.7 Å². The molecule has 1 heterocycles. The third kappa shape index (κ3) is 3.00. The van der Waals surface area contributed by atoms with Crippen LogP contribution >= 0.6 is 0 Å². The Morgan fingerprint density at radius 2 is 2.26 bits per heavy atom. The maximum absolute atomic E-state index is 12.8. The van der Waals surface area contributed by atoms with Crippen molar-refractivity contribution in [2.24, 2.45) is 0 Å². The summed E-state index contributed by atoms with van der Waals surface area (Å²) in [5, 5.41) is 19.5. The second kappa shape index (κ2) is 5.38. The van der Waals surface area contributed by atoms with E-state index in [1.54, 1.807) is 0 Å². The first-order valence-corrected chi connectivity index (χ1v) is 5.22. The summed E-state index contributed by atoms with van der Waals surface area (Å²) in [5.41, 5.74) is -0.675. The molecule has 0 fully saturated rings. The molecule has 1 aromatic heterocycles. The van der Waals surface area contributed by atoms with E-state index in [0.717, 1.165) is 12.1 Å². The molecule has 9 heteroatoms. The van der Waals surface area contributed by atoms with Crippen molar-refractivity contribution >= 4 is 11.4 Å². The number of alkyl halides is 2. The zero-order valence-electron chi connectivity index (χ0n) is 9.51. The molecule has 0 saturated heterocycles. The molecule has 0 aliphatic heterocycles. The molecule has 0 aliphatic rings. The summed E-state index contributed by atoms with van der Waals surface area (Å²) in [6, 6.07) is 3.26. The fourth-order valence-corrected chi connectivity index (χ4v) is 1.50. The zero-order valence-corrected chi connectivity index (χ0v) is 9.51. The van der Waals surface area contributed by atoms with Gasteiger partial charge in [0.25, 0.3) is 12.1 Å². The van der Waals surface area contributed by atoms with Crippen LogP contribution < -0.4 is 5.32 Å². The second-order valence-electron chi connectivity index (χ2n) is 3.62. The monoisotopic (exact) mass is 269 g/mol. The third-order valence-corrected chi connectivity index (χ3v) is 2.39. The van der Waals surface area contributed by atoms with Crippen LogP contribution in [0, 0.1) is 10.1 Å². The molecule has 2 aromatic rings. The summed E-state index contributed by atoms with van der Waals surface area (Å²) < 4.78 is 25.7. The molecule has 0 spiro atoms. The van der Waals surface area contributed by atoms with E-state index in [9.17, 15) is 18.9 Å². The minimum atomic E-state index is -2.81. The molecule has 0 aliphatic carbocycles. The lowest BCUT2D eigenvalue weighted by atomic mass is 10.1. The van der Waals surface area contributed by atoms with Gasteiger partial charge in [-0.25, -0.2) is 13.8 Å². The number of benzene rings is 1. The van der Waals surface area contributed by atoms with E-state index in [-0.39, 0.29) is 17.9 Å². The van der Waals surface area contributed by atoms with Crippen LogP contribution in [0.1, 0.15) is 17.8 Å². The Labute approximate surface area is 105 Å². The first-order chi connectivity index (χ1) is 9.08. The summed E-state index contributed by atoms with van der Waals surface area (Å²) in [4.78, 5) is 13.7. The van der Waals surface area contributed by atoms with Gasteiger partial charge < -0.3 is 5.32 Å². The molecule has 19 heavy (non-hydrogen) atoms. The van der Waals surface area contributed by atoms with Crippen LogP contribution in [-0.4, -0.2) is 20.1 Å². The average molecular weight is 269 g/mol. The van der Waals surface area contributed by atoms with E-state index < -0.39 is 16.9 Å². The van der Waals surface area contributed by atoms with Crippen molar-refractivity contribution in [3.05, 3.63) is 46.0 Å². The highest BCUT2D eigenvalue weighted by molar-refractivity contribution is 5.56. The number of nitrogens with one attached hydrogen (secondary N) is 2. The second-order valence-corrected chi connectivity index (χ2v) is 3.62. The largest absolute Gasteiger partial charge is 0.377 e. The number of nitrogens with zero attached hydrogens (tertiary/aromatic N) is 3. The van der Waals surface area contributed by atoms with Crippen LogP contribution in [0.5, 0.6) is 0 Å². The van der Waals surface area contributed by atoms with Crippen molar-refractivity contribution in [1.29, 1.82) is 0 Å². The summed E-state index contributed by atoms with van der Waals surface area (Å²) in [6.45, 7) is 0.164. The molecule has 0 atom stereocenters. The number of halogens is 2. The summed E-state index contributed by atoms with van der Waals surface area (Å²) in [5.74, 6) is 0.471. The maximum Gasteiger partial charge on any atom is 0.270 e. The number of H-pyrrole nitrogens is 1. The number of nitro benzene ring substituents is 1. The van der Waals surface area contributed by atoms with Gasteiger partial charge in [0.2, 0.25) is 0 Å². The molecule has 2 N–H and O–H groups in total. The molecule has 0 radical (unpaired) electrons. The Morgan fingerprint density at radius 1 is 1.47 bits per heavy atom. The van der Waals surface area contributed by atoms with E-state index >= 15 is 0 Å². The van der Waals surface area contributed by atoms with Gasteiger partial charge in [0, 0.05) is 23.4 Å². The van der Waals surface area contributed by atoms with Gasteiger partial charge in [-0.05, 0) is 6.07 Å². The standard InChI is InChI=1S/C10H9F2N5O2/c11-10(12)7-3-6(17(18)19)1-2-8(7)13-4-9-14-5-15-16-9/h1-3,5,10,13H,4H2,(H,14,15,16). The van der Waals surface area contributed by atoms with Crippen LogP contribution in [0.3, 0.4) is 0 Å². The number of anilines is 1. The number of non-ortho nitro benzene ring substituents is 1. The Morgan fingerprint density at radius 3 is 2.84 bits per heavy atom. The molecule has 0 bridgehead atoms. The lowest BCUT2D eigenvalue weighted by Gasteiger charge is -2.10. The van der Waals surface area contributed by atoms with Gasteiger partial charge in [-0.1, -0.05) is 0 Å². The van der Waals surface area contributed by atoms with Gasteiger partial charge in [0.15, 0.2) is 0 Å². The summed E-state index contributed by atoms with van der Waals surface area (Å²) in [6.07, 6.45) is -1.52. The number of hydrogen-bond acceptors (Lipinski definition) is 5. The van der Waals surface area contributed by atoms with Crippen molar-refractivity contribution in [2.45, 2.75) is 13.0 Å². The van der Waals surface area contributed by atoms with Crippen LogP contribution in [-0.2, 0) is 6.54 Å². The fourth-order valence-electron chi connectivity index (χ4n) is 1.50. The van der Waals surface area contributed by atoms with E-state index in [4.69, 9.17) is 0 Å². The third-order valence-electron chi connectivity index (χ3n) is 2.39. The first-order valence-electron chi connectivity index (χ1n) is 5.22. The number of rotatable bonds is 5. The van der Waals surface area contributed by atoms with Crippen molar-refractivity contribution in [3.63, 3.8) is 0 Å². The molecular formula is C10H9F2N5O2. The van der Waals surface area contributed by atoms with Crippen LogP contribution in [0.15, 0.2) is 24.5 Å². The highest BCUT2D eigenvalue weighted by Crippen LogP contribution is 2.30. The van der Waals surface area contributed by atoms with Gasteiger partial charge in [0.1, 0.15) is 12.2 Å². The van der Waals surface area contributed by atoms with Crippen molar-refractivity contribution < 1.29 is 13.7 Å². The number of aromatic nitrogens is 3. The van der Waals surface area contributed by atoms with Crippen LogP contribution in [0.2, 0.25) is 0 Å². The van der Waals surface area contributed by atoms with E-state index in [2.05, 4.69) is 20.5 Å². The van der Waals surface area contributed by atoms with E-state index in [1.165, 1.54) is 12.4 Å². The average Bonchev–Trinajstić information content (AvgIpc) is 2.89. The predicted octanol–water partition coefficient (Wildman–Crippen LogP) is 2.26. The highest BCUT2D eigenvalue weighted by atomic mass is 19.3. The molecule has 100 valence electrons. The fraction of sp³-hybridized carbons (Fsp3) is 0.200. The van der Waals surface area contributed by atoms with E-state index in [1.807, 2.05) is 0 Å². The van der Waals surface area contributed by atoms with Crippen LogP contribution in [0.4, 0.5) is 20.2 Å². The van der Waals surface area contributed by atoms with Gasteiger partial charge in [-0.15, -0.1) is 0 Å². The van der Waals surface area contributed by atoms with E-state index in [0.29, 0.717) is 5.82 Å². The predicted molar refractivity (Wildman–Crippen MR) is 61.8 cm³/mol. The minimum Gasteiger partial charge on any atom is -0.377 e. The molecule has 7 nitrogen and oxygen atoms in total. The Bertz CT molecular complexity index is 573. The van der Waals surface area contributed by atoms with Gasteiger partial charge >= 0.3 is 0 Å². The lowest BCUT2D eigenvalue weighted by Crippen LogP contribution is -2.05. The molecule has 0 saturated carbocycles. The Hall–Kier alpha value is -2.58. The quantitative estimate of drug-likeness (QED) is 0.641. The van der Waals surface area contributed by atoms with Crippen LogP contribution in [0.25, 0.3) is 0 Å². The normalized spacial score (nSPS) is 10.7. The molecular weight excluding hydrogens is 260 g/mol. The SMILES string of the molecule is O=[N+]([O-])c1ccc(NCc2ncn[nH]2)c(C(F)F)c1. The summed E-state index contributed by atoms with van der Waals surface area (Å²) >= 11 is 0. The van der Waals surface area contributed by atoms with Gasteiger partial charge in [-0.2, -0.15) is 5.10 Å². The molecule has 1 aromatic carbocycles. The number of aromatic amines is 1. The summed E-state index contributed by atoms with van der Waals surface area (Å²) in [7, 11) is 0. The van der Waals surface area contributed by atoms with Crippen molar-refractivity contribution in [1.82, 2.24) is 15.2 Å². The minimum absolute atomic E-state index is 0.122. The maximum atomic E-state index is 12.8. The molecule has 0 amide bonds. The number of hydrogen-bond donors (Lipinski definition) is 2. The molecule has 0 unspecified atom stereocenters.